The number of amides is 1. The van der Waals surface area contributed by atoms with E-state index in [1.54, 1.807) is 24.1 Å². The Balaban J connectivity index is 1.75. The predicted molar refractivity (Wildman–Crippen MR) is 121 cm³/mol. The van der Waals surface area contributed by atoms with Crippen LogP contribution in [-0.2, 0) is 4.79 Å². The molecular formula is C23H17ClN2O2S. The van der Waals surface area contributed by atoms with E-state index in [0.29, 0.717) is 15.1 Å². The van der Waals surface area contributed by atoms with Gasteiger partial charge in [-0.15, -0.1) is 0 Å². The molecule has 144 valence electrons. The van der Waals surface area contributed by atoms with Crippen LogP contribution in [0.15, 0.2) is 88.8 Å². The van der Waals surface area contributed by atoms with Gasteiger partial charge in [-0.3, -0.25) is 9.69 Å². The molecule has 0 unspecified atom stereocenters. The Kier molecular flexibility index (Phi) is 5.69. The Morgan fingerprint density at radius 3 is 2.31 bits per heavy atom. The molecule has 0 atom stereocenters. The van der Waals surface area contributed by atoms with E-state index in [1.165, 1.54) is 11.8 Å². The number of amidine groups is 1. The first-order valence-corrected chi connectivity index (χ1v) is 10.1. The van der Waals surface area contributed by atoms with Crippen LogP contribution >= 0.6 is 23.4 Å². The molecule has 0 saturated carbocycles. The largest absolute Gasteiger partial charge is 0.497 e. The van der Waals surface area contributed by atoms with Crippen LogP contribution in [0.5, 0.6) is 5.75 Å². The van der Waals surface area contributed by atoms with Gasteiger partial charge >= 0.3 is 0 Å². The van der Waals surface area contributed by atoms with Crippen molar-refractivity contribution in [3.8, 4) is 5.75 Å². The van der Waals surface area contributed by atoms with E-state index in [2.05, 4.69) is 0 Å². The highest BCUT2D eigenvalue weighted by Crippen LogP contribution is 2.37. The van der Waals surface area contributed by atoms with Crippen LogP contribution < -0.4 is 9.64 Å². The second-order valence-electron chi connectivity index (χ2n) is 6.23. The maximum absolute atomic E-state index is 13.2. The van der Waals surface area contributed by atoms with E-state index in [1.807, 2.05) is 72.8 Å². The van der Waals surface area contributed by atoms with Crippen molar-refractivity contribution in [2.24, 2.45) is 4.99 Å². The van der Waals surface area contributed by atoms with E-state index in [9.17, 15) is 4.79 Å². The Morgan fingerprint density at radius 2 is 1.66 bits per heavy atom. The highest BCUT2D eigenvalue weighted by atomic mass is 35.5. The number of anilines is 1. The molecule has 0 aromatic heterocycles. The average molecular weight is 421 g/mol. The van der Waals surface area contributed by atoms with Crippen molar-refractivity contribution in [1.29, 1.82) is 0 Å². The van der Waals surface area contributed by atoms with Crippen LogP contribution in [0.2, 0.25) is 5.02 Å². The number of benzene rings is 3. The van der Waals surface area contributed by atoms with Crippen LogP contribution in [0.3, 0.4) is 0 Å². The summed E-state index contributed by atoms with van der Waals surface area (Å²) in [5.41, 5.74) is 2.42. The SMILES string of the molecule is COc1ccc(N2C(=O)C(=Cc3ccc(Cl)cc3)SC2=Nc2ccccc2)cc1. The molecule has 4 nitrogen and oxygen atoms in total. The summed E-state index contributed by atoms with van der Waals surface area (Å²) in [7, 11) is 1.61. The summed E-state index contributed by atoms with van der Waals surface area (Å²) in [5.74, 6) is 0.608. The number of methoxy groups -OCH3 is 1. The highest BCUT2D eigenvalue weighted by Gasteiger charge is 2.34. The molecule has 1 saturated heterocycles. The molecular weight excluding hydrogens is 404 g/mol. The number of hydrogen-bond acceptors (Lipinski definition) is 4. The van der Waals surface area contributed by atoms with Gasteiger partial charge in [0.15, 0.2) is 5.17 Å². The van der Waals surface area contributed by atoms with Gasteiger partial charge in [0.25, 0.3) is 5.91 Å². The summed E-state index contributed by atoms with van der Waals surface area (Å²) >= 11 is 7.32. The van der Waals surface area contributed by atoms with Crippen molar-refractivity contribution in [2.75, 3.05) is 12.0 Å². The molecule has 0 radical (unpaired) electrons. The van der Waals surface area contributed by atoms with Crippen LogP contribution in [-0.4, -0.2) is 18.2 Å². The third-order valence-corrected chi connectivity index (χ3v) is 5.51. The molecule has 6 heteroatoms. The zero-order chi connectivity index (χ0) is 20.2. The molecule has 1 aliphatic rings. The highest BCUT2D eigenvalue weighted by molar-refractivity contribution is 8.19. The fourth-order valence-electron chi connectivity index (χ4n) is 2.83. The van der Waals surface area contributed by atoms with E-state index in [4.69, 9.17) is 21.3 Å². The molecule has 0 spiro atoms. The summed E-state index contributed by atoms with van der Waals surface area (Å²) in [6.07, 6.45) is 1.85. The Morgan fingerprint density at radius 1 is 0.966 bits per heavy atom. The van der Waals surface area contributed by atoms with E-state index < -0.39 is 0 Å². The topological polar surface area (TPSA) is 41.9 Å². The lowest BCUT2D eigenvalue weighted by Gasteiger charge is -2.16. The number of aliphatic imine (C=N–C) groups is 1. The van der Waals surface area contributed by atoms with Crippen molar-refractivity contribution < 1.29 is 9.53 Å². The molecule has 0 N–H and O–H groups in total. The molecule has 1 aliphatic heterocycles. The number of thioether (sulfide) groups is 1. The monoisotopic (exact) mass is 420 g/mol. The Hall–Kier alpha value is -3.02. The lowest BCUT2D eigenvalue weighted by atomic mass is 10.2. The molecule has 3 aromatic rings. The zero-order valence-corrected chi connectivity index (χ0v) is 17.2. The lowest BCUT2D eigenvalue weighted by molar-refractivity contribution is -0.113. The van der Waals surface area contributed by atoms with Crippen molar-refractivity contribution in [1.82, 2.24) is 0 Å². The fraction of sp³-hybridized carbons (Fsp3) is 0.0435. The van der Waals surface area contributed by atoms with Crippen molar-refractivity contribution in [3.63, 3.8) is 0 Å². The summed E-state index contributed by atoms with van der Waals surface area (Å²) < 4.78 is 5.23. The molecule has 1 fully saturated rings. The molecule has 0 aliphatic carbocycles. The first-order valence-electron chi connectivity index (χ1n) is 8.91. The number of rotatable bonds is 4. The van der Waals surface area contributed by atoms with Gasteiger partial charge in [0.05, 0.1) is 23.4 Å². The Labute approximate surface area is 178 Å². The third-order valence-electron chi connectivity index (χ3n) is 4.29. The lowest BCUT2D eigenvalue weighted by Crippen LogP contribution is -2.28. The zero-order valence-electron chi connectivity index (χ0n) is 15.6. The van der Waals surface area contributed by atoms with Gasteiger partial charge in [0.1, 0.15) is 5.75 Å². The van der Waals surface area contributed by atoms with Crippen molar-refractivity contribution in [3.05, 3.63) is 94.4 Å². The molecule has 29 heavy (non-hydrogen) atoms. The molecule has 1 amide bonds. The number of hydrogen-bond donors (Lipinski definition) is 0. The summed E-state index contributed by atoms with van der Waals surface area (Å²) in [6.45, 7) is 0. The second kappa shape index (κ2) is 8.55. The van der Waals surface area contributed by atoms with Crippen LogP contribution in [0.1, 0.15) is 5.56 Å². The summed E-state index contributed by atoms with van der Waals surface area (Å²) in [6, 6.07) is 24.3. The molecule has 4 rings (SSSR count). The van der Waals surface area contributed by atoms with Gasteiger partial charge < -0.3 is 4.74 Å². The first-order chi connectivity index (χ1) is 14.1. The van der Waals surface area contributed by atoms with Crippen LogP contribution in [0.4, 0.5) is 11.4 Å². The average Bonchev–Trinajstić information content (AvgIpc) is 3.05. The summed E-state index contributed by atoms with van der Waals surface area (Å²) in [4.78, 5) is 20.2. The fourth-order valence-corrected chi connectivity index (χ4v) is 3.96. The number of ether oxygens (including phenoxy) is 1. The number of carbonyl (C=O) groups is 1. The first kappa shape index (κ1) is 19.3. The molecule has 1 heterocycles. The second-order valence-corrected chi connectivity index (χ2v) is 7.68. The minimum absolute atomic E-state index is 0.121. The van der Waals surface area contributed by atoms with Crippen LogP contribution in [0, 0.1) is 0 Å². The molecule has 3 aromatic carbocycles. The number of para-hydroxylation sites is 1. The number of nitrogens with zero attached hydrogens (tertiary/aromatic N) is 2. The predicted octanol–water partition coefficient (Wildman–Crippen LogP) is 6.16. The van der Waals surface area contributed by atoms with Crippen molar-refractivity contribution in [2.45, 2.75) is 0 Å². The maximum atomic E-state index is 13.2. The van der Waals surface area contributed by atoms with Gasteiger partial charge in [-0.05, 0) is 71.9 Å². The minimum atomic E-state index is -0.121. The Bertz CT molecular complexity index is 1080. The maximum Gasteiger partial charge on any atom is 0.271 e. The molecule has 0 bridgehead atoms. The van der Waals surface area contributed by atoms with E-state index in [-0.39, 0.29) is 5.91 Å². The van der Waals surface area contributed by atoms with Gasteiger partial charge in [-0.25, -0.2) is 4.99 Å². The van der Waals surface area contributed by atoms with Crippen molar-refractivity contribution >= 4 is 51.9 Å². The third kappa shape index (κ3) is 4.36. The van der Waals surface area contributed by atoms with Gasteiger partial charge in [-0.2, -0.15) is 0 Å². The van der Waals surface area contributed by atoms with E-state index in [0.717, 1.165) is 22.7 Å². The smallest absolute Gasteiger partial charge is 0.271 e. The van der Waals surface area contributed by atoms with Crippen LogP contribution in [0.25, 0.3) is 6.08 Å². The van der Waals surface area contributed by atoms with Gasteiger partial charge in [0, 0.05) is 5.02 Å². The summed E-state index contributed by atoms with van der Waals surface area (Å²) in [5, 5.41) is 1.26. The number of carbonyl (C=O) groups excluding carboxylic acids is 1. The number of halogens is 1. The van der Waals surface area contributed by atoms with E-state index >= 15 is 0 Å². The normalized spacial score (nSPS) is 16.6. The van der Waals surface area contributed by atoms with Gasteiger partial charge in [-0.1, -0.05) is 41.9 Å². The minimum Gasteiger partial charge on any atom is -0.497 e. The quantitative estimate of drug-likeness (QED) is 0.475. The van der Waals surface area contributed by atoms with Gasteiger partial charge in [0.2, 0.25) is 0 Å². The standard InChI is InChI=1S/C23H17ClN2O2S/c1-28-20-13-11-19(12-14-20)26-22(27)21(15-16-7-9-17(24)10-8-16)29-23(26)25-18-5-3-2-4-6-18/h2-15H,1H3.